The van der Waals surface area contributed by atoms with Gasteiger partial charge in [0, 0.05) is 6.54 Å². The third kappa shape index (κ3) is 2.50. The van der Waals surface area contributed by atoms with E-state index in [2.05, 4.69) is 35.5 Å². The van der Waals surface area contributed by atoms with Gasteiger partial charge >= 0.3 is 0 Å². The maximum Gasteiger partial charge on any atom is 0.144 e. The number of nitrogens with two attached hydrogens (primary N) is 1. The van der Waals surface area contributed by atoms with Crippen LogP contribution in [0.1, 0.15) is 17.5 Å². The standard InChI is InChI=1S/C18H20FN3/c1-12-10-16-17(11-13(12)2)22(9-5-8-20)18(21-16)14-6-3-4-7-15(14)19/h3-4,6-7,10-11H,5,8-9,20H2,1-2H3. The highest BCUT2D eigenvalue weighted by Crippen LogP contribution is 2.28. The van der Waals surface area contributed by atoms with Gasteiger partial charge in [-0.25, -0.2) is 9.37 Å². The van der Waals surface area contributed by atoms with E-state index >= 15 is 0 Å². The molecule has 0 saturated carbocycles. The average molecular weight is 297 g/mol. The Labute approximate surface area is 129 Å². The predicted octanol–water partition coefficient (Wildman–Crippen LogP) is 3.81. The van der Waals surface area contributed by atoms with Crippen molar-refractivity contribution >= 4 is 11.0 Å². The van der Waals surface area contributed by atoms with E-state index in [0.717, 1.165) is 24.0 Å². The Bertz CT molecular complexity index is 821. The van der Waals surface area contributed by atoms with Crippen LogP contribution in [0.5, 0.6) is 0 Å². The van der Waals surface area contributed by atoms with E-state index in [-0.39, 0.29) is 5.82 Å². The lowest BCUT2D eigenvalue weighted by Crippen LogP contribution is -2.07. The summed E-state index contributed by atoms with van der Waals surface area (Å²) in [6, 6.07) is 11.0. The topological polar surface area (TPSA) is 43.8 Å². The number of aromatic nitrogens is 2. The van der Waals surface area contributed by atoms with E-state index in [1.165, 1.54) is 17.2 Å². The van der Waals surface area contributed by atoms with Crippen molar-refractivity contribution in [1.82, 2.24) is 9.55 Å². The number of aryl methyl sites for hydroxylation is 3. The second-order valence-corrected chi connectivity index (χ2v) is 5.63. The minimum atomic E-state index is -0.250. The van der Waals surface area contributed by atoms with Gasteiger partial charge in [0.2, 0.25) is 0 Å². The fraction of sp³-hybridized carbons (Fsp3) is 0.278. The number of benzene rings is 2. The zero-order valence-electron chi connectivity index (χ0n) is 12.9. The molecule has 0 amide bonds. The molecule has 0 aliphatic carbocycles. The second kappa shape index (κ2) is 5.89. The van der Waals surface area contributed by atoms with Gasteiger partial charge in [0.05, 0.1) is 16.6 Å². The van der Waals surface area contributed by atoms with Crippen LogP contribution >= 0.6 is 0 Å². The van der Waals surface area contributed by atoms with Gasteiger partial charge in [-0.2, -0.15) is 0 Å². The molecule has 0 atom stereocenters. The Morgan fingerprint density at radius 1 is 1.14 bits per heavy atom. The van der Waals surface area contributed by atoms with Crippen LogP contribution in [0.3, 0.4) is 0 Å². The first-order chi connectivity index (χ1) is 10.6. The molecule has 0 radical (unpaired) electrons. The maximum atomic E-state index is 14.2. The molecule has 3 rings (SSSR count). The number of hydrogen-bond acceptors (Lipinski definition) is 2. The van der Waals surface area contributed by atoms with Gasteiger partial charge in [-0.15, -0.1) is 0 Å². The fourth-order valence-electron chi connectivity index (χ4n) is 2.70. The molecule has 2 N–H and O–H groups in total. The number of fused-ring (bicyclic) bond motifs is 1. The molecule has 114 valence electrons. The summed E-state index contributed by atoms with van der Waals surface area (Å²) in [4.78, 5) is 4.68. The van der Waals surface area contributed by atoms with Crippen molar-refractivity contribution in [2.75, 3.05) is 6.54 Å². The molecular formula is C18H20FN3. The largest absolute Gasteiger partial charge is 0.330 e. The van der Waals surface area contributed by atoms with Crippen LogP contribution in [0.15, 0.2) is 36.4 Å². The number of rotatable bonds is 4. The molecule has 0 fully saturated rings. The van der Waals surface area contributed by atoms with E-state index in [1.807, 2.05) is 6.07 Å². The zero-order chi connectivity index (χ0) is 15.7. The fourth-order valence-corrected chi connectivity index (χ4v) is 2.70. The normalized spacial score (nSPS) is 11.3. The predicted molar refractivity (Wildman–Crippen MR) is 88.3 cm³/mol. The summed E-state index contributed by atoms with van der Waals surface area (Å²) in [7, 11) is 0. The van der Waals surface area contributed by atoms with E-state index in [1.54, 1.807) is 12.1 Å². The quantitative estimate of drug-likeness (QED) is 0.796. The summed E-state index contributed by atoms with van der Waals surface area (Å²) in [5.74, 6) is 0.423. The molecule has 0 aliphatic rings. The van der Waals surface area contributed by atoms with Crippen LogP contribution in [0, 0.1) is 19.7 Å². The van der Waals surface area contributed by atoms with Gasteiger partial charge in [-0.1, -0.05) is 12.1 Å². The summed E-state index contributed by atoms with van der Waals surface area (Å²) in [6.07, 6.45) is 0.833. The average Bonchev–Trinajstić information content (AvgIpc) is 2.83. The third-order valence-corrected chi connectivity index (χ3v) is 4.06. The smallest absolute Gasteiger partial charge is 0.144 e. The molecule has 0 bridgehead atoms. The second-order valence-electron chi connectivity index (χ2n) is 5.63. The van der Waals surface area contributed by atoms with Gasteiger partial charge in [0.15, 0.2) is 0 Å². The third-order valence-electron chi connectivity index (χ3n) is 4.06. The van der Waals surface area contributed by atoms with Gasteiger partial charge in [0.1, 0.15) is 11.6 Å². The lowest BCUT2D eigenvalue weighted by Gasteiger charge is -2.10. The SMILES string of the molecule is Cc1cc2nc(-c3ccccc3F)n(CCCN)c2cc1C. The Morgan fingerprint density at radius 3 is 2.59 bits per heavy atom. The first kappa shape index (κ1) is 14.7. The Kier molecular flexibility index (Phi) is 3.94. The van der Waals surface area contributed by atoms with Crippen LogP contribution in [-0.2, 0) is 6.54 Å². The Morgan fingerprint density at radius 2 is 1.86 bits per heavy atom. The van der Waals surface area contributed by atoms with E-state index in [0.29, 0.717) is 17.9 Å². The first-order valence-electron chi connectivity index (χ1n) is 7.54. The molecule has 2 aromatic carbocycles. The molecule has 22 heavy (non-hydrogen) atoms. The summed E-state index contributed by atoms with van der Waals surface area (Å²) in [5, 5.41) is 0. The molecule has 0 unspecified atom stereocenters. The molecule has 3 nitrogen and oxygen atoms in total. The van der Waals surface area contributed by atoms with E-state index in [9.17, 15) is 4.39 Å². The molecule has 3 aromatic rings. The molecule has 0 spiro atoms. The Hall–Kier alpha value is -2.20. The van der Waals surface area contributed by atoms with E-state index in [4.69, 9.17) is 5.73 Å². The summed E-state index contributed by atoms with van der Waals surface area (Å²) in [5.41, 5.74) is 10.5. The van der Waals surface area contributed by atoms with Gasteiger partial charge < -0.3 is 10.3 Å². The number of hydrogen-bond donors (Lipinski definition) is 1. The highest BCUT2D eigenvalue weighted by atomic mass is 19.1. The van der Waals surface area contributed by atoms with Crippen molar-refractivity contribution in [2.45, 2.75) is 26.8 Å². The summed E-state index contributed by atoms with van der Waals surface area (Å²) >= 11 is 0. The molecule has 0 saturated heterocycles. The first-order valence-corrected chi connectivity index (χ1v) is 7.54. The number of nitrogens with zero attached hydrogens (tertiary/aromatic N) is 2. The zero-order valence-corrected chi connectivity index (χ0v) is 12.9. The van der Waals surface area contributed by atoms with Crippen molar-refractivity contribution in [2.24, 2.45) is 5.73 Å². The van der Waals surface area contributed by atoms with Crippen molar-refractivity contribution in [3.63, 3.8) is 0 Å². The minimum Gasteiger partial charge on any atom is -0.330 e. The molecular weight excluding hydrogens is 277 g/mol. The van der Waals surface area contributed by atoms with Crippen LogP contribution in [0.25, 0.3) is 22.4 Å². The molecule has 1 heterocycles. The van der Waals surface area contributed by atoms with Gasteiger partial charge in [-0.3, -0.25) is 0 Å². The van der Waals surface area contributed by atoms with Crippen LogP contribution in [0.2, 0.25) is 0 Å². The summed E-state index contributed by atoms with van der Waals surface area (Å²) < 4.78 is 16.3. The Balaban J connectivity index is 2.26. The number of halogens is 1. The number of imidazole rings is 1. The van der Waals surface area contributed by atoms with Gasteiger partial charge in [-0.05, 0) is 62.2 Å². The summed E-state index contributed by atoms with van der Waals surface area (Å²) in [6.45, 7) is 5.48. The van der Waals surface area contributed by atoms with E-state index < -0.39 is 0 Å². The highest BCUT2D eigenvalue weighted by Gasteiger charge is 2.16. The van der Waals surface area contributed by atoms with Crippen LogP contribution in [-0.4, -0.2) is 16.1 Å². The van der Waals surface area contributed by atoms with Crippen molar-refractivity contribution in [3.05, 3.63) is 53.3 Å². The van der Waals surface area contributed by atoms with Crippen molar-refractivity contribution < 1.29 is 4.39 Å². The van der Waals surface area contributed by atoms with Crippen LogP contribution in [0.4, 0.5) is 4.39 Å². The monoisotopic (exact) mass is 297 g/mol. The minimum absolute atomic E-state index is 0.250. The highest BCUT2D eigenvalue weighted by molar-refractivity contribution is 5.82. The lowest BCUT2D eigenvalue weighted by molar-refractivity contribution is 0.623. The van der Waals surface area contributed by atoms with Gasteiger partial charge in [0.25, 0.3) is 0 Å². The van der Waals surface area contributed by atoms with Crippen LogP contribution < -0.4 is 5.73 Å². The molecule has 4 heteroatoms. The lowest BCUT2D eigenvalue weighted by atomic mass is 10.1. The maximum absolute atomic E-state index is 14.2. The molecule has 1 aromatic heterocycles. The van der Waals surface area contributed by atoms with Crippen molar-refractivity contribution in [3.8, 4) is 11.4 Å². The molecule has 0 aliphatic heterocycles. The van der Waals surface area contributed by atoms with Crippen molar-refractivity contribution in [1.29, 1.82) is 0 Å².